The van der Waals surface area contributed by atoms with Gasteiger partial charge < -0.3 is 4.90 Å². The molecule has 1 unspecified atom stereocenters. The van der Waals surface area contributed by atoms with Crippen LogP contribution >= 0.6 is 0 Å². The third-order valence-corrected chi connectivity index (χ3v) is 5.20. The topological polar surface area (TPSA) is 20.3 Å². The van der Waals surface area contributed by atoms with Crippen molar-refractivity contribution in [2.24, 2.45) is 5.92 Å². The zero-order valence-corrected chi connectivity index (χ0v) is 12.7. The van der Waals surface area contributed by atoms with Gasteiger partial charge in [-0.05, 0) is 24.0 Å². The van der Waals surface area contributed by atoms with Gasteiger partial charge in [0.05, 0.1) is 0 Å². The normalized spacial score (nSPS) is 27.5. The van der Waals surface area contributed by atoms with E-state index in [9.17, 15) is 4.79 Å². The third-order valence-electron chi connectivity index (χ3n) is 5.20. The van der Waals surface area contributed by atoms with E-state index in [0.717, 1.165) is 18.0 Å². The van der Waals surface area contributed by atoms with Gasteiger partial charge in [0, 0.05) is 24.6 Å². The van der Waals surface area contributed by atoms with Crippen molar-refractivity contribution in [3.05, 3.63) is 35.4 Å². The van der Waals surface area contributed by atoms with E-state index in [-0.39, 0.29) is 11.3 Å². The monoisotopic (exact) mass is 271 g/mol. The van der Waals surface area contributed by atoms with Crippen molar-refractivity contribution in [2.75, 3.05) is 13.6 Å². The summed E-state index contributed by atoms with van der Waals surface area (Å²) >= 11 is 0. The molecular formula is C18H25NO. The lowest BCUT2D eigenvalue weighted by Crippen LogP contribution is -2.47. The lowest BCUT2D eigenvalue weighted by molar-refractivity contribution is 0.0709. The van der Waals surface area contributed by atoms with Crippen molar-refractivity contribution in [3.63, 3.8) is 0 Å². The maximum absolute atomic E-state index is 12.3. The van der Waals surface area contributed by atoms with Crippen LogP contribution in [0.3, 0.4) is 0 Å². The van der Waals surface area contributed by atoms with E-state index in [2.05, 4.69) is 19.1 Å². The Hall–Kier alpha value is -1.31. The highest BCUT2D eigenvalue weighted by molar-refractivity contribution is 5.97. The predicted octanol–water partition coefficient (Wildman–Crippen LogP) is 4.00. The first kappa shape index (κ1) is 13.7. The van der Waals surface area contributed by atoms with Crippen LogP contribution < -0.4 is 0 Å². The lowest BCUT2D eigenvalue weighted by atomic mass is 9.69. The quantitative estimate of drug-likeness (QED) is 0.796. The summed E-state index contributed by atoms with van der Waals surface area (Å²) in [5.74, 6) is 1.02. The fraction of sp³-hybridized carbons (Fsp3) is 0.611. The number of carbonyl (C=O) groups is 1. The fourth-order valence-electron chi connectivity index (χ4n) is 4.28. The maximum Gasteiger partial charge on any atom is 0.253 e. The van der Waals surface area contributed by atoms with Gasteiger partial charge in [-0.25, -0.2) is 0 Å². The Morgan fingerprint density at radius 2 is 1.90 bits per heavy atom. The SMILES string of the molecule is CN1CC(C)(CC2CCCCC2)c2ccccc2C1=O. The first-order valence-corrected chi connectivity index (χ1v) is 7.95. The van der Waals surface area contributed by atoms with Crippen molar-refractivity contribution in [1.82, 2.24) is 4.90 Å². The minimum absolute atomic E-state index is 0.126. The van der Waals surface area contributed by atoms with Gasteiger partial charge in [-0.1, -0.05) is 57.2 Å². The molecular weight excluding hydrogens is 246 g/mol. The van der Waals surface area contributed by atoms with Gasteiger partial charge in [-0.2, -0.15) is 0 Å². The van der Waals surface area contributed by atoms with Crippen molar-refractivity contribution in [1.29, 1.82) is 0 Å². The Labute approximate surface area is 122 Å². The number of hydrogen-bond acceptors (Lipinski definition) is 1. The molecule has 1 aliphatic carbocycles. The van der Waals surface area contributed by atoms with Crippen LogP contribution in [-0.2, 0) is 5.41 Å². The molecule has 0 bridgehead atoms. The summed E-state index contributed by atoms with van der Waals surface area (Å²) < 4.78 is 0. The first-order chi connectivity index (χ1) is 9.60. The molecule has 20 heavy (non-hydrogen) atoms. The third kappa shape index (κ3) is 2.36. The molecule has 1 atom stereocenters. The summed E-state index contributed by atoms with van der Waals surface area (Å²) in [5.41, 5.74) is 2.31. The molecule has 1 saturated carbocycles. The molecule has 0 radical (unpaired) electrons. The molecule has 0 aromatic heterocycles. The molecule has 1 aromatic carbocycles. The maximum atomic E-state index is 12.3. The average molecular weight is 271 g/mol. The highest BCUT2D eigenvalue weighted by Crippen LogP contribution is 2.41. The highest BCUT2D eigenvalue weighted by Gasteiger charge is 2.39. The van der Waals surface area contributed by atoms with Gasteiger partial charge in [-0.15, -0.1) is 0 Å². The fourth-order valence-corrected chi connectivity index (χ4v) is 4.28. The number of amides is 1. The Morgan fingerprint density at radius 3 is 2.65 bits per heavy atom. The lowest BCUT2D eigenvalue weighted by Gasteiger charge is -2.42. The van der Waals surface area contributed by atoms with Gasteiger partial charge >= 0.3 is 0 Å². The number of benzene rings is 1. The van der Waals surface area contributed by atoms with E-state index in [0.29, 0.717) is 0 Å². The number of nitrogens with zero attached hydrogens (tertiary/aromatic N) is 1. The van der Waals surface area contributed by atoms with Crippen LogP contribution in [0.4, 0.5) is 0 Å². The molecule has 1 aromatic rings. The predicted molar refractivity (Wildman–Crippen MR) is 81.9 cm³/mol. The molecule has 3 rings (SSSR count). The summed E-state index contributed by atoms with van der Waals surface area (Å²) in [6, 6.07) is 8.23. The Kier molecular flexibility index (Phi) is 3.57. The van der Waals surface area contributed by atoms with Crippen LogP contribution in [0.1, 0.15) is 61.4 Å². The minimum atomic E-state index is 0.126. The van der Waals surface area contributed by atoms with E-state index >= 15 is 0 Å². The zero-order valence-electron chi connectivity index (χ0n) is 12.7. The van der Waals surface area contributed by atoms with Crippen molar-refractivity contribution in [3.8, 4) is 0 Å². The highest BCUT2D eigenvalue weighted by atomic mass is 16.2. The second-order valence-corrected chi connectivity index (χ2v) is 6.98. The average Bonchev–Trinajstić information content (AvgIpc) is 2.46. The largest absolute Gasteiger partial charge is 0.341 e. The number of fused-ring (bicyclic) bond motifs is 1. The molecule has 2 nitrogen and oxygen atoms in total. The van der Waals surface area contributed by atoms with Crippen LogP contribution in [0.2, 0.25) is 0 Å². The summed E-state index contributed by atoms with van der Waals surface area (Å²) in [5, 5.41) is 0. The molecule has 0 saturated heterocycles. The molecule has 2 heteroatoms. The van der Waals surface area contributed by atoms with Crippen LogP contribution in [0.15, 0.2) is 24.3 Å². The summed E-state index contributed by atoms with van der Waals surface area (Å²) in [6.07, 6.45) is 8.14. The van der Waals surface area contributed by atoms with Gasteiger partial charge in [-0.3, -0.25) is 4.79 Å². The van der Waals surface area contributed by atoms with Crippen molar-refractivity contribution in [2.45, 2.75) is 50.9 Å². The van der Waals surface area contributed by atoms with E-state index in [1.165, 1.54) is 44.1 Å². The summed E-state index contributed by atoms with van der Waals surface area (Å²) in [6.45, 7) is 3.21. The smallest absolute Gasteiger partial charge is 0.253 e. The van der Waals surface area contributed by atoms with E-state index in [1.54, 1.807) is 0 Å². The van der Waals surface area contributed by atoms with Gasteiger partial charge in [0.1, 0.15) is 0 Å². The zero-order chi connectivity index (χ0) is 14.2. The Bertz CT molecular complexity index is 504. The van der Waals surface area contributed by atoms with E-state index in [4.69, 9.17) is 0 Å². The second kappa shape index (κ2) is 5.23. The molecule has 0 N–H and O–H groups in total. The molecule has 1 fully saturated rings. The second-order valence-electron chi connectivity index (χ2n) is 6.98. The standard InChI is InChI=1S/C18H25NO/c1-18(12-14-8-4-3-5-9-14)13-19(2)17(20)15-10-6-7-11-16(15)18/h6-7,10-11,14H,3-5,8-9,12-13H2,1-2H3. The van der Waals surface area contributed by atoms with Gasteiger partial charge in [0.15, 0.2) is 0 Å². The number of rotatable bonds is 2. The van der Waals surface area contributed by atoms with Crippen LogP contribution in [0.25, 0.3) is 0 Å². The van der Waals surface area contributed by atoms with Crippen LogP contribution in [0.5, 0.6) is 0 Å². The van der Waals surface area contributed by atoms with E-state index in [1.807, 2.05) is 24.1 Å². The first-order valence-electron chi connectivity index (χ1n) is 7.95. The van der Waals surface area contributed by atoms with Crippen LogP contribution in [0, 0.1) is 5.92 Å². The number of hydrogen-bond donors (Lipinski definition) is 0. The molecule has 1 amide bonds. The molecule has 2 aliphatic rings. The van der Waals surface area contributed by atoms with E-state index < -0.39 is 0 Å². The molecule has 1 aliphatic heterocycles. The molecule has 1 heterocycles. The Balaban J connectivity index is 1.91. The van der Waals surface area contributed by atoms with Crippen molar-refractivity contribution >= 4 is 5.91 Å². The minimum Gasteiger partial charge on any atom is -0.341 e. The summed E-state index contributed by atoms with van der Waals surface area (Å²) in [4.78, 5) is 14.2. The number of likely N-dealkylation sites (N-methyl/N-ethyl adjacent to an activating group) is 1. The van der Waals surface area contributed by atoms with Gasteiger partial charge in [0.2, 0.25) is 0 Å². The number of carbonyl (C=O) groups excluding carboxylic acids is 1. The molecule has 0 spiro atoms. The molecule has 108 valence electrons. The van der Waals surface area contributed by atoms with Gasteiger partial charge in [0.25, 0.3) is 5.91 Å². The van der Waals surface area contributed by atoms with Crippen LogP contribution in [-0.4, -0.2) is 24.4 Å². The van der Waals surface area contributed by atoms with Crippen molar-refractivity contribution < 1.29 is 4.79 Å². The Morgan fingerprint density at radius 1 is 1.20 bits per heavy atom. The summed E-state index contributed by atoms with van der Waals surface area (Å²) in [7, 11) is 1.94.